The first-order valence-electron chi connectivity index (χ1n) is 12.1. The van der Waals surface area contributed by atoms with Crippen LogP contribution in [0.5, 0.6) is 0 Å². The number of rotatable bonds is 7. The molecule has 2 bridgehead atoms. The van der Waals surface area contributed by atoms with E-state index in [1.54, 1.807) is 23.9 Å². The minimum Gasteiger partial charge on any atom is -0.481 e. The number of imide groups is 1. The number of carboxylic acid groups (broad SMARTS) is 1. The molecule has 3 fully saturated rings. The average Bonchev–Trinajstić information content (AvgIpc) is 3.54. The minimum atomic E-state index is -0.838. The van der Waals surface area contributed by atoms with E-state index in [1.165, 1.54) is 28.4 Å². The predicted octanol–water partition coefficient (Wildman–Crippen LogP) is 3.69. The summed E-state index contributed by atoms with van der Waals surface area (Å²) in [6.45, 7) is 0.342. The number of amides is 2. The van der Waals surface area contributed by atoms with Crippen LogP contribution < -0.4 is 4.87 Å². The summed E-state index contributed by atoms with van der Waals surface area (Å²) in [5.74, 6) is -1.91. The van der Waals surface area contributed by atoms with Crippen LogP contribution in [0.3, 0.4) is 0 Å². The van der Waals surface area contributed by atoms with E-state index in [0.717, 1.165) is 21.9 Å². The van der Waals surface area contributed by atoms with Crippen molar-refractivity contribution in [2.75, 3.05) is 6.54 Å². The van der Waals surface area contributed by atoms with E-state index in [1.807, 2.05) is 0 Å². The fourth-order valence-electron chi connectivity index (χ4n) is 7.07. The number of carboxylic acids is 1. The number of aromatic nitrogens is 1. The highest BCUT2D eigenvalue weighted by molar-refractivity contribution is 8.00. The van der Waals surface area contributed by atoms with Crippen molar-refractivity contribution >= 4 is 40.9 Å². The molecule has 10 heteroatoms. The smallest absolute Gasteiger partial charge is 0.305 e. The van der Waals surface area contributed by atoms with Gasteiger partial charge in [0, 0.05) is 29.0 Å². The van der Waals surface area contributed by atoms with Gasteiger partial charge in [-0.3, -0.25) is 24.1 Å². The molecule has 1 aromatic carbocycles. The number of nitrogens with zero attached hydrogens (tertiary/aromatic N) is 1. The summed E-state index contributed by atoms with van der Waals surface area (Å²) in [6, 6.07) is 6.42. The van der Waals surface area contributed by atoms with E-state index in [9.17, 15) is 23.6 Å². The van der Waals surface area contributed by atoms with E-state index >= 15 is 0 Å². The number of unbranched alkanes of at least 4 members (excludes halogenated alkanes) is 2. The van der Waals surface area contributed by atoms with Crippen LogP contribution in [0.1, 0.15) is 48.5 Å². The lowest BCUT2D eigenvalue weighted by Crippen LogP contribution is -2.42. The molecule has 2 amide bonds. The SMILES string of the molecule is O=C(O)CCCCCN1C(=O)[C@@H]2[C@H]3C[C@@H]([C@H]4Sc5[nH]c(=O)sc5[C@@H](c5ccc(F)cc5)[C@@H]34)[C@H]2C1=O. The van der Waals surface area contributed by atoms with Crippen LogP contribution >= 0.6 is 23.1 Å². The summed E-state index contributed by atoms with van der Waals surface area (Å²) in [7, 11) is 0. The zero-order chi connectivity index (χ0) is 24.4. The Morgan fingerprint density at radius 3 is 2.49 bits per heavy atom. The fourth-order valence-corrected chi connectivity index (χ4v) is 9.95. The highest BCUT2D eigenvalue weighted by atomic mass is 32.2. The number of fused-ring (bicyclic) bond motifs is 9. The molecule has 2 aliphatic carbocycles. The summed E-state index contributed by atoms with van der Waals surface area (Å²) in [6.07, 6.45) is 2.71. The molecule has 1 saturated heterocycles. The molecule has 3 heterocycles. The molecule has 2 aliphatic heterocycles. The highest BCUT2D eigenvalue weighted by Gasteiger charge is 2.69. The van der Waals surface area contributed by atoms with Crippen molar-refractivity contribution in [1.29, 1.82) is 0 Å². The van der Waals surface area contributed by atoms with Gasteiger partial charge in [0.15, 0.2) is 0 Å². The third kappa shape index (κ3) is 3.59. The number of benzene rings is 1. The topological polar surface area (TPSA) is 108 Å². The molecule has 184 valence electrons. The third-order valence-corrected chi connectivity index (χ3v) is 10.9. The van der Waals surface area contributed by atoms with Crippen LogP contribution in [-0.2, 0) is 14.4 Å². The second-order valence-corrected chi connectivity index (χ2v) is 12.2. The lowest BCUT2D eigenvalue weighted by atomic mass is 9.68. The normalized spacial score (nSPS) is 32.6. The summed E-state index contributed by atoms with van der Waals surface area (Å²) in [5, 5.41) is 9.76. The molecule has 7 nitrogen and oxygen atoms in total. The molecule has 35 heavy (non-hydrogen) atoms. The Morgan fingerprint density at radius 2 is 1.77 bits per heavy atom. The maximum absolute atomic E-state index is 13.7. The molecule has 0 unspecified atom stereocenters. The number of carbonyl (C=O) groups is 3. The monoisotopic (exact) mass is 516 g/mol. The molecule has 2 N–H and O–H groups in total. The van der Waals surface area contributed by atoms with Gasteiger partial charge in [0.1, 0.15) is 5.82 Å². The number of H-pyrrole nitrogens is 1. The van der Waals surface area contributed by atoms with Crippen molar-refractivity contribution in [1.82, 2.24) is 9.88 Å². The quantitative estimate of drug-likeness (QED) is 0.429. The number of nitrogens with one attached hydrogen (secondary N) is 1. The van der Waals surface area contributed by atoms with Gasteiger partial charge in [-0.15, -0.1) is 11.8 Å². The summed E-state index contributed by atoms with van der Waals surface area (Å²) >= 11 is 2.83. The Kier molecular flexibility index (Phi) is 5.63. The van der Waals surface area contributed by atoms with Gasteiger partial charge in [-0.25, -0.2) is 4.39 Å². The largest absolute Gasteiger partial charge is 0.481 e. The molecule has 1 aromatic heterocycles. The van der Waals surface area contributed by atoms with Crippen LogP contribution in [0.4, 0.5) is 4.39 Å². The van der Waals surface area contributed by atoms with E-state index < -0.39 is 5.97 Å². The van der Waals surface area contributed by atoms with E-state index in [4.69, 9.17) is 5.11 Å². The van der Waals surface area contributed by atoms with Crippen LogP contribution in [0.15, 0.2) is 34.1 Å². The lowest BCUT2D eigenvalue weighted by molar-refractivity contribution is -0.141. The van der Waals surface area contributed by atoms with Crippen molar-refractivity contribution in [3.8, 4) is 0 Å². The maximum atomic E-state index is 13.7. The number of aromatic amines is 1. The number of carbonyl (C=O) groups excluding carboxylic acids is 2. The van der Waals surface area contributed by atoms with Crippen LogP contribution in [0.2, 0.25) is 0 Å². The van der Waals surface area contributed by atoms with E-state index in [-0.39, 0.29) is 69.7 Å². The summed E-state index contributed by atoms with van der Waals surface area (Å²) in [4.78, 5) is 55.0. The Balaban J connectivity index is 1.28. The number of halogens is 1. The van der Waals surface area contributed by atoms with E-state index in [0.29, 0.717) is 25.8 Å². The number of thioether (sulfide) groups is 1. The van der Waals surface area contributed by atoms with Gasteiger partial charge >= 0.3 is 10.8 Å². The first-order valence-corrected chi connectivity index (χ1v) is 13.8. The lowest BCUT2D eigenvalue weighted by Gasteiger charge is -2.43. The van der Waals surface area contributed by atoms with Crippen molar-refractivity contribution in [2.24, 2.45) is 29.6 Å². The number of aliphatic carboxylic acids is 1. The Morgan fingerprint density at radius 1 is 1.06 bits per heavy atom. The number of likely N-dealkylation sites (tertiary alicyclic amines) is 1. The first kappa shape index (κ1) is 23.0. The fraction of sp³-hybridized carbons (Fsp3) is 0.520. The van der Waals surface area contributed by atoms with Crippen molar-refractivity contribution in [3.05, 3.63) is 50.2 Å². The second-order valence-electron chi connectivity index (χ2n) is 10.0. The van der Waals surface area contributed by atoms with Gasteiger partial charge in [-0.05, 0) is 54.7 Å². The van der Waals surface area contributed by atoms with Gasteiger partial charge in [-0.2, -0.15) is 0 Å². The maximum Gasteiger partial charge on any atom is 0.305 e. The zero-order valence-corrected chi connectivity index (χ0v) is 20.4. The van der Waals surface area contributed by atoms with Gasteiger partial charge in [-0.1, -0.05) is 29.9 Å². The molecule has 0 spiro atoms. The average molecular weight is 517 g/mol. The Bertz CT molecular complexity index is 1260. The first-order chi connectivity index (χ1) is 16.8. The molecule has 7 atom stereocenters. The summed E-state index contributed by atoms with van der Waals surface area (Å²) < 4.78 is 13.7. The van der Waals surface area contributed by atoms with Crippen molar-refractivity contribution in [2.45, 2.75) is 48.3 Å². The molecular weight excluding hydrogens is 491 g/mol. The minimum absolute atomic E-state index is 0.0383. The zero-order valence-electron chi connectivity index (χ0n) is 18.8. The second kappa shape index (κ2) is 8.58. The molecule has 2 saturated carbocycles. The van der Waals surface area contributed by atoms with Crippen LogP contribution in [-0.4, -0.2) is 44.6 Å². The van der Waals surface area contributed by atoms with Crippen LogP contribution in [0, 0.1) is 35.4 Å². The van der Waals surface area contributed by atoms with Gasteiger partial charge < -0.3 is 10.1 Å². The molecule has 0 radical (unpaired) electrons. The molecule has 6 rings (SSSR count). The van der Waals surface area contributed by atoms with Gasteiger partial charge in [0.25, 0.3) is 0 Å². The van der Waals surface area contributed by atoms with Crippen LogP contribution in [0.25, 0.3) is 0 Å². The van der Waals surface area contributed by atoms with Gasteiger partial charge in [0.05, 0.1) is 16.9 Å². The Hall–Kier alpha value is -2.46. The molecule has 4 aliphatic rings. The van der Waals surface area contributed by atoms with Crippen molar-refractivity contribution in [3.63, 3.8) is 0 Å². The number of hydrogen-bond donors (Lipinski definition) is 2. The predicted molar refractivity (Wildman–Crippen MR) is 128 cm³/mol. The molecular formula is C25H25FN2O5S2. The third-order valence-electron chi connectivity index (χ3n) is 8.32. The van der Waals surface area contributed by atoms with Gasteiger partial charge in [0.2, 0.25) is 11.8 Å². The highest BCUT2D eigenvalue weighted by Crippen LogP contribution is 2.68. The van der Waals surface area contributed by atoms with Crippen molar-refractivity contribution < 1.29 is 23.9 Å². The Labute approximate surface area is 209 Å². The standard InChI is InChI=1S/C25H25FN2O5S2/c26-12-7-5-11(6-8-12)16-17-13-10-14(20(17)34-22-21(16)35-25(33)27-22)19-18(13)23(31)28(24(19)32)9-3-1-2-4-15(29)30/h5-8,13-14,16-20H,1-4,9-10H2,(H,27,33)(H,29,30)/t13-,14+,16-,17+,18+,19+,20+/m0/s1. The van der Waals surface area contributed by atoms with E-state index in [2.05, 4.69) is 4.98 Å². The number of hydrogen-bond acceptors (Lipinski definition) is 6. The number of thiazole rings is 1. The molecule has 2 aromatic rings. The summed E-state index contributed by atoms with van der Waals surface area (Å²) in [5.41, 5.74) is 0.939.